The molecular formula is C14H11BrF2O. The van der Waals surface area contributed by atoms with E-state index in [9.17, 15) is 13.9 Å². The van der Waals surface area contributed by atoms with Crippen LogP contribution in [-0.2, 0) is 5.60 Å². The number of benzene rings is 2. The first kappa shape index (κ1) is 13.2. The maximum Gasteiger partial charge on any atom is 0.124 e. The van der Waals surface area contributed by atoms with Crippen molar-refractivity contribution in [3.63, 3.8) is 0 Å². The van der Waals surface area contributed by atoms with E-state index in [0.29, 0.717) is 11.1 Å². The first-order valence-corrected chi connectivity index (χ1v) is 6.49. The number of halogens is 3. The van der Waals surface area contributed by atoms with Crippen LogP contribution in [0, 0.1) is 11.6 Å². The number of hydrogen-bond acceptors (Lipinski definition) is 1. The first-order chi connectivity index (χ1) is 8.56. The first-order valence-electron chi connectivity index (χ1n) is 5.37. The van der Waals surface area contributed by atoms with Gasteiger partial charge in [-0.3, -0.25) is 0 Å². The molecule has 0 radical (unpaired) electrons. The molecule has 0 atom stereocenters. The van der Waals surface area contributed by atoms with E-state index in [1.807, 2.05) is 0 Å². The average Bonchev–Trinajstić information content (AvgIpc) is 2.39. The van der Waals surface area contributed by atoms with Crippen LogP contribution < -0.4 is 0 Å². The highest BCUT2D eigenvalue weighted by atomic mass is 79.9. The molecule has 0 amide bonds. The molecule has 0 fully saturated rings. The van der Waals surface area contributed by atoms with Gasteiger partial charge in [-0.25, -0.2) is 8.78 Å². The summed E-state index contributed by atoms with van der Waals surface area (Å²) < 4.78 is 25.8. The molecule has 0 heterocycles. The van der Waals surface area contributed by atoms with Crippen molar-refractivity contribution < 1.29 is 13.9 Å². The minimum absolute atomic E-state index is 0.233. The maximum atomic E-state index is 12.9. The molecule has 0 saturated carbocycles. The van der Waals surface area contributed by atoms with Crippen LogP contribution in [0.5, 0.6) is 0 Å². The summed E-state index contributed by atoms with van der Waals surface area (Å²) in [5.41, 5.74) is -0.207. The Kier molecular flexibility index (Phi) is 3.78. The Morgan fingerprint density at radius 1 is 0.833 bits per heavy atom. The Hall–Kier alpha value is -1.26. The molecule has 0 spiro atoms. The van der Waals surface area contributed by atoms with Gasteiger partial charge < -0.3 is 5.11 Å². The van der Waals surface area contributed by atoms with Gasteiger partial charge in [-0.2, -0.15) is 0 Å². The van der Waals surface area contributed by atoms with E-state index in [4.69, 9.17) is 0 Å². The van der Waals surface area contributed by atoms with E-state index in [-0.39, 0.29) is 17.0 Å². The molecule has 4 heteroatoms. The van der Waals surface area contributed by atoms with Crippen molar-refractivity contribution in [3.8, 4) is 0 Å². The summed E-state index contributed by atoms with van der Waals surface area (Å²) in [6, 6.07) is 11.2. The van der Waals surface area contributed by atoms with Crippen molar-refractivity contribution in [2.45, 2.75) is 5.60 Å². The monoisotopic (exact) mass is 312 g/mol. The zero-order valence-electron chi connectivity index (χ0n) is 9.41. The number of rotatable bonds is 3. The molecule has 94 valence electrons. The third kappa shape index (κ3) is 2.44. The Labute approximate surface area is 112 Å². The zero-order valence-corrected chi connectivity index (χ0v) is 11.0. The summed E-state index contributed by atoms with van der Waals surface area (Å²) in [6.45, 7) is 0. The molecule has 18 heavy (non-hydrogen) atoms. The predicted molar refractivity (Wildman–Crippen MR) is 69.6 cm³/mol. The summed E-state index contributed by atoms with van der Waals surface area (Å²) in [4.78, 5) is 0. The summed E-state index contributed by atoms with van der Waals surface area (Å²) in [5, 5.41) is 10.9. The molecule has 2 aromatic carbocycles. The van der Waals surface area contributed by atoms with Crippen LogP contribution in [0.15, 0.2) is 48.5 Å². The van der Waals surface area contributed by atoms with Crippen LogP contribution >= 0.6 is 15.9 Å². The van der Waals surface area contributed by atoms with E-state index in [1.165, 1.54) is 48.5 Å². The largest absolute Gasteiger partial charge is 0.380 e. The van der Waals surface area contributed by atoms with Gasteiger partial charge in [-0.15, -0.1) is 0 Å². The second-order valence-electron chi connectivity index (χ2n) is 4.01. The smallest absolute Gasteiger partial charge is 0.124 e. The summed E-state index contributed by atoms with van der Waals surface area (Å²) in [5.74, 6) is -0.732. The third-order valence-corrected chi connectivity index (χ3v) is 3.65. The zero-order chi connectivity index (χ0) is 13.2. The molecular weight excluding hydrogens is 302 g/mol. The highest BCUT2D eigenvalue weighted by Gasteiger charge is 2.30. The van der Waals surface area contributed by atoms with Gasteiger partial charge in [0.05, 0.1) is 0 Å². The van der Waals surface area contributed by atoms with Crippen molar-refractivity contribution in [2.75, 3.05) is 5.33 Å². The number of aliphatic hydroxyl groups is 1. The van der Waals surface area contributed by atoms with Crippen LogP contribution in [0.1, 0.15) is 11.1 Å². The molecule has 2 rings (SSSR count). The van der Waals surface area contributed by atoms with Crippen LogP contribution in [0.3, 0.4) is 0 Å². The second-order valence-corrected chi connectivity index (χ2v) is 4.57. The lowest BCUT2D eigenvalue weighted by molar-refractivity contribution is 0.109. The Balaban J connectivity index is 2.47. The van der Waals surface area contributed by atoms with Gasteiger partial charge in [-0.1, -0.05) is 40.2 Å². The maximum absolute atomic E-state index is 12.9. The van der Waals surface area contributed by atoms with Gasteiger partial charge in [0.25, 0.3) is 0 Å². The molecule has 0 unspecified atom stereocenters. The normalized spacial score (nSPS) is 11.6. The molecule has 0 aliphatic rings. The minimum atomic E-state index is -1.30. The van der Waals surface area contributed by atoms with Gasteiger partial charge in [0.1, 0.15) is 17.2 Å². The topological polar surface area (TPSA) is 20.2 Å². The van der Waals surface area contributed by atoms with E-state index < -0.39 is 5.60 Å². The van der Waals surface area contributed by atoms with Crippen LogP contribution in [0.2, 0.25) is 0 Å². The Morgan fingerprint density at radius 2 is 1.17 bits per heavy atom. The van der Waals surface area contributed by atoms with E-state index in [1.54, 1.807) is 0 Å². The minimum Gasteiger partial charge on any atom is -0.380 e. The number of alkyl halides is 1. The highest BCUT2D eigenvalue weighted by molar-refractivity contribution is 9.09. The van der Waals surface area contributed by atoms with Gasteiger partial charge in [0.2, 0.25) is 0 Å². The fourth-order valence-electron chi connectivity index (χ4n) is 1.77. The highest BCUT2D eigenvalue weighted by Crippen LogP contribution is 2.31. The lowest BCUT2D eigenvalue weighted by atomic mass is 9.88. The van der Waals surface area contributed by atoms with Crippen molar-refractivity contribution in [2.24, 2.45) is 0 Å². The van der Waals surface area contributed by atoms with Crippen LogP contribution in [-0.4, -0.2) is 10.4 Å². The van der Waals surface area contributed by atoms with Crippen molar-refractivity contribution in [3.05, 3.63) is 71.3 Å². The predicted octanol–water partition coefficient (Wildman–Crippen LogP) is 3.60. The average molecular weight is 313 g/mol. The lowest BCUT2D eigenvalue weighted by Gasteiger charge is -2.27. The molecule has 0 bridgehead atoms. The van der Waals surface area contributed by atoms with E-state index >= 15 is 0 Å². The number of hydrogen-bond donors (Lipinski definition) is 1. The third-order valence-electron chi connectivity index (χ3n) is 2.84. The molecule has 1 nitrogen and oxygen atoms in total. The molecule has 0 saturated heterocycles. The molecule has 0 aliphatic carbocycles. The quantitative estimate of drug-likeness (QED) is 0.859. The summed E-state index contributed by atoms with van der Waals surface area (Å²) in [7, 11) is 0. The van der Waals surface area contributed by atoms with Gasteiger partial charge in [0, 0.05) is 5.33 Å². The molecule has 0 aliphatic heterocycles. The standard InChI is InChI=1S/C14H11BrF2O/c15-9-14(18,10-1-5-12(16)6-2-10)11-3-7-13(17)8-4-11/h1-8,18H,9H2. The molecule has 1 N–H and O–H groups in total. The van der Waals surface area contributed by atoms with Crippen molar-refractivity contribution in [1.82, 2.24) is 0 Å². The Morgan fingerprint density at radius 3 is 1.44 bits per heavy atom. The van der Waals surface area contributed by atoms with Crippen molar-refractivity contribution >= 4 is 15.9 Å². The molecule has 2 aromatic rings. The van der Waals surface area contributed by atoms with Gasteiger partial charge in [-0.05, 0) is 35.4 Å². The van der Waals surface area contributed by atoms with Gasteiger partial charge >= 0.3 is 0 Å². The van der Waals surface area contributed by atoms with E-state index in [2.05, 4.69) is 15.9 Å². The van der Waals surface area contributed by atoms with Crippen LogP contribution in [0.4, 0.5) is 8.78 Å². The van der Waals surface area contributed by atoms with Crippen molar-refractivity contribution in [1.29, 1.82) is 0 Å². The SMILES string of the molecule is OC(CBr)(c1ccc(F)cc1)c1ccc(F)cc1. The lowest BCUT2D eigenvalue weighted by Crippen LogP contribution is -2.29. The Bertz CT molecular complexity index is 477. The van der Waals surface area contributed by atoms with Gasteiger partial charge in [0.15, 0.2) is 0 Å². The fourth-order valence-corrected chi connectivity index (χ4v) is 2.42. The second kappa shape index (κ2) is 5.16. The fraction of sp³-hybridized carbons (Fsp3) is 0.143. The molecule has 0 aromatic heterocycles. The van der Waals surface area contributed by atoms with E-state index in [0.717, 1.165) is 0 Å². The summed E-state index contributed by atoms with van der Waals surface area (Å²) >= 11 is 3.24. The van der Waals surface area contributed by atoms with Crippen LogP contribution in [0.25, 0.3) is 0 Å². The summed E-state index contributed by atoms with van der Waals surface area (Å²) in [6.07, 6.45) is 0.